The molecule has 0 atom stereocenters. The first kappa shape index (κ1) is 18.3. The second kappa shape index (κ2) is 8.19. The predicted octanol–water partition coefficient (Wildman–Crippen LogP) is 3.28. The molecule has 0 heterocycles. The molecule has 0 saturated carbocycles. The van der Waals surface area contributed by atoms with Gasteiger partial charge >= 0.3 is 5.97 Å². The number of ether oxygens (including phenoxy) is 2. The number of hydrogen-bond donors (Lipinski definition) is 2. The van der Waals surface area contributed by atoms with E-state index in [1.807, 2.05) is 12.1 Å². The Morgan fingerprint density at radius 1 is 1.04 bits per heavy atom. The Balaban J connectivity index is 2.02. The van der Waals surface area contributed by atoms with E-state index in [0.29, 0.717) is 29.2 Å². The number of amides is 1. The summed E-state index contributed by atoms with van der Waals surface area (Å²) in [5, 5.41) is 11.9. The van der Waals surface area contributed by atoms with Crippen LogP contribution in [0.25, 0.3) is 0 Å². The Hall–Kier alpha value is -3.02. The van der Waals surface area contributed by atoms with E-state index in [1.165, 1.54) is 6.07 Å². The zero-order chi connectivity index (χ0) is 18.4. The predicted molar refractivity (Wildman–Crippen MR) is 94.6 cm³/mol. The maximum Gasteiger partial charge on any atom is 0.336 e. The van der Waals surface area contributed by atoms with Crippen LogP contribution in [0.1, 0.15) is 27.9 Å². The lowest BCUT2D eigenvalue weighted by Gasteiger charge is -2.10. The minimum atomic E-state index is -1.02. The van der Waals surface area contributed by atoms with Crippen LogP contribution in [0, 0.1) is 6.92 Å². The van der Waals surface area contributed by atoms with Crippen molar-refractivity contribution in [2.24, 2.45) is 0 Å². The Labute approximate surface area is 146 Å². The van der Waals surface area contributed by atoms with Crippen molar-refractivity contribution in [3.8, 4) is 11.5 Å². The molecule has 0 aliphatic heterocycles. The molecule has 6 heteroatoms. The number of aryl methyl sites for hydroxylation is 2. The zero-order valence-electron chi connectivity index (χ0n) is 14.5. The number of benzene rings is 2. The number of anilines is 1. The zero-order valence-corrected chi connectivity index (χ0v) is 14.5. The number of carboxylic acids is 1. The molecule has 0 radical (unpaired) electrons. The van der Waals surface area contributed by atoms with Gasteiger partial charge in [0.05, 0.1) is 19.8 Å². The SMILES string of the molecule is COc1cc(CCC(=O)Nc2ccc(C)c(C(=O)O)c2)cc(OC)c1. The summed E-state index contributed by atoms with van der Waals surface area (Å²) >= 11 is 0. The molecule has 0 fully saturated rings. The first-order valence-electron chi connectivity index (χ1n) is 7.78. The third-order valence-electron chi connectivity index (χ3n) is 3.80. The first-order chi connectivity index (χ1) is 11.9. The Morgan fingerprint density at radius 3 is 2.24 bits per heavy atom. The molecule has 0 spiro atoms. The van der Waals surface area contributed by atoms with E-state index in [-0.39, 0.29) is 17.9 Å². The molecule has 2 N–H and O–H groups in total. The van der Waals surface area contributed by atoms with Crippen molar-refractivity contribution >= 4 is 17.6 Å². The van der Waals surface area contributed by atoms with Crippen LogP contribution in [0.15, 0.2) is 36.4 Å². The van der Waals surface area contributed by atoms with Gasteiger partial charge < -0.3 is 19.9 Å². The minimum absolute atomic E-state index is 0.176. The van der Waals surface area contributed by atoms with E-state index in [2.05, 4.69) is 5.32 Å². The normalized spacial score (nSPS) is 10.2. The second-order valence-electron chi connectivity index (χ2n) is 5.60. The summed E-state index contributed by atoms with van der Waals surface area (Å²) in [6.45, 7) is 1.71. The number of carbonyl (C=O) groups excluding carboxylic acids is 1. The van der Waals surface area contributed by atoms with Crippen LogP contribution in [0.4, 0.5) is 5.69 Å². The van der Waals surface area contributed by atoms with Crippen LogP contribution in [-0.4, -0.2) is 31.2 Å². The van der Waals surface area contributed by atoms with Gasteiger partial charge in [-0.05, 0) is 48.7 Å². The van der Waals surface area contributed by atoms with Gasteiger partial charge in [-0.3, -0.25) is 4.79 Å². The smallest absolute Gasteiger partial charge is 0.336 e. The fourth-order valence-electron chi connectivity index (χ4n) is 2.42. The summed E-state index contributed by atoms with van der Waals surface area (Å²) in [7, 11) is 3.14. The number of hydrogen-bond acceptors (Lipinski definition) is 4. The van der Waals surface area contributed by atoms with Gasteiger partial charge in [-0.15, -0.1) is 0 Å². The van der Waals surface area contributed by atoms with E-state index in [0.717, 1.165) is 5.56 Å². The van der Waals surface area contributed by atoms with Gasteiger partial charge in [-0.25, -0.2) is 4.79 Å². The Kier molecular flexibility index (Phi) is 6.00. The summed E-state index contributed by atoms with van der Waals surface area (Å²) in [5.41, 5.74) is 2.21. The van der Waals surface area contributed by atoms with Crippen LogP contribution in [0.5, 0.6) is 11.5 Å². The molecule has 0 aliphatic carbocycles. The molecular formula is C19H21NO5. The van der Waals surface area contributed by atoms with Gasteiger partial charge in [0, 0.05) is 18.2 Å². The average molecular weight is 343 g/mol. The van der Waals surface area contributed by atoms with E-state index in [4.69, 9.17) is 14.6 Å². The van der Waals surface area contributed by atoms with Crippen LogP contribution in [-0.2, 0) is 11.2 Å². The quantitative estimate of drug-likeness (QED) is 0.806. The van der Waals surface area contributed by atoms with Crippen LogP contribution < -0.4 is 14.8 Å². The van der Waals surface area contributed by atoms with Gasteiger partial charge in [0.15, 0.2) is 0 Å². The molecule has 0 saturated heterocycles. The molecule has 2 aromatic carbocycles. The third-order valence-corrected chi connectivity index (χ3v) is 3.80. The number of rotatable bonds is 7. The molecule has 6 nitrogen and oxygen atoms in total. The molecule has 0 unspecified atom stereocenters. The number of carbonyl (C=O) groups is 2. The molecule has 25 heavy (non-hydrogen) atoms. The minimum Gasteiger partial charge on any atom is -0.497 e. The van der Waals surface area contributed by atoms with Crippen molar-refractivity contribution in [2.45, 2.75) is 19.8 Å². The van der Waals surface area contributed by atoms with Crippen molar-refractivity contribution in [2.75, 3.05) is 19.5 Å². The van der Waals surface area contributed by atoms with Crippen LogP contribution in [0.2, 0.25) is 0 Å². The molecule has 0 aliphatic rings. The summed E-state index contributed by atoms with van der Waals surface area (Å²) in [6, 6.07) is 10.3. The number of nitrogens with one attached hydrogen (secondary N) is 1. The van der Waals surface area contributed by atoms with E-state index < -0.39 is 5.97 Å². The van der Waals surface area contributed by atoms with Crippen LogP contribution >= 0.6 is 0 Å². The first-order valence-corrected chi connectivity index (χ1v) is 7.78. The fourth-order valence-corrected chi connectivity index (χ4v) is 2.42. The number of aromatic carboxylic acids is 1. The van der Waals surface area contributed by atoms with Gasteiger partial charge in [-0.2, -0.15) is 0 Å². The highest BCUT2D eigenvalue weighted by molar-refractivity contribution is 5.94. The van der Waals surface area contributed by atoms with Crippen molar-refractivity contribution in [1.82, 2.24) is 0 Å². The van der Waals surface area contributed by atoms with Crippen molar-refractivity contribution in [3.05, 3.63) is 53.1 Å². The molecule has 0 bridgehead atoms. The Morgan fingerprint density at radius 2 is 1.68 bits per heavy atom. The number of carboxylic acid groups (broad SMARTS) is 1. The number of methoxy groups -OCH3 is 2. The molecule has 132 valence electrons. The lowest BCUT2D eigenvalue weighted by atomic mass is 10.1. The maximum absolute atomic E-state index is 12.1. The third kappa shape index (κ3) is 4.97. The second-order valence-corrected chi connectivity index (χ2v) is 5.60. The molecular weight excluding hydrogens is 322 g/mol. The standard InChI is InChI=1S/C19H21NO5/c1-12-4-6-14(10-17(12)19(22)23)20-18(21)7-5-13-8-15(24-2)11-16(9-13)25-3/h4,6,8-11H,5,7H2,1-3H3,(H,20,21)(H,22,23). The summed E-state index contributed by atoms with van der Waals surface area (Å²) < 4.78 is 10.4. The average Bonchev–Trinajstić information content (AvgIpc) is 2.61. The Bertz CT molecular complexity index is 763. The molecule has 2 aromatic rings. The van der Waals surface area contributed by atoms with Gasteiger partial charge in [0.1, 0.15) is 11.5 Å². The maximum atomic E-state index is 12.1. The van der Waals surface area contributed by atoms with Gasteiger partial charge in [0.25, 0.3) is 0 Å². The largest absolute Gasteiger partial charge is 0.497 e. The van der Waals surface area contributed by atoms with Gasteiger partial charge in [0.2, 0.25) is 5.91 Å². The summed E-state index contributed by atoms with van der Waals surface area (Å²) in [6.07, 6.45) is 0.768. The summed E-state index contributed by atoms with van der Waals surface area (Å²) in [4.78, 5) is 23.3. The monoisotopic (exact) mass is 343 g/mol. The topological polar surface area (TPSA) is 84.9 Å². The highest BCUT2D eigenvalue weighted by Gasteiger charge is 2.10. The van der Waals surface area contributed by atoms with Crippen molar-refractivity contribution in [1.29, 1.82) is 0 Å². The molecule has 0 aromatic heterocycles. The van der Waals surface area contributed by atoms with Crippen molar-refractivity contribution in [3.63, 3.8) is 0 Å². The fraction of sp³-hybridized carbons (Fsp3) is 0.263. The summed E-state index contributed by atoms with van der Waals surface area (Å²) in [5.74, 6) is 0.123. The highest BCUT2D eigenvalue weighted by atomic mass is 16.5. The van der Waals surface area contributed by atoms with E-state index in [9.17, 15) is 9.59 Å². The molecule has 2 rings (SSSR count). The lowest BCUT2D eigenvalue weighted by Crippen LogP contribution is -2.13. The van der Waals surface area contributed by atoms with Crippen molar-refractivity contribution < 1.29 is 24.2 Å². The highest BCUT2D eigenvalue weighted by Crippen LogP contribution is 2.23. The molecule has 1 amide bonds. The van der Waals surface area contributed by atoms with E-state index in [1.54, 1.807) is 39.3 Å². The van der Waals surface area contributed by atoms with Gasteiger partial charge in [-0.1, -0.05) is 6.07 Å². The lowest BCUT2D eigenvalue weighted by molar-refractivity contribution is -0.116. The van der Waals surface area contributed by atoms with E-state index >= 15 is 0 Å². The van der Waals surface area contributed by atoms with Crippen LogP contribution in [0.3, 0.4) is 0 Å².